The van der Waals surface area contributed by atoms with Crippen LogP contribution in [0.15, 0.2) is 24.3 Å². The van der Waals surface area contributed by atoms with Crippen molar-refractivity contribution in [1.82, 2.24) is 4.57 Å². The van der Waals surface area contributed by atoms with Crippen LogP contribution < -0.4 is 0 Å². The van der Waals surface area contributed by atoms with E-state index in [1.807, 2.05) is 6.92 Å². The Bertz CT molecular complexity index is 1010. The van der Waals surface area contributed by atoms with Crippen LogP contribution in [-0.2, 0) is 17.4 Å². The zero-order valence-electron chi connectivity index (χ0n) is 18.7. The average molecular weight is 447 g/mol. The van der Waals surface area contributed by atoms with Crippen LogP contribution in [0.4, 0.5) is 13.2 Å². The van der Waals surface area contributed by atoms with Crippen LogP contribution in [0.5, 0.6) is 0 Å². The van der Waals surface area contributed by atoms with Crippen LogP contribution in [0.2, 0.25) is 0 Å². The van der Waals surface area contributed by atoms with Gasteiger partial charge in [-0.25, -0.2) is 0 Å². The first-order valence-corrected chi connectivity index (χ1v) is 11.1. The van der Waals surface area contributed by atoms with Crippen molar-refractivity contribution in [2.45, 2.75) is 77.4 Å². The molecule has 4 nitrogen and oxygen atoms in total. The zero-order valence-corrected chi connectivity index (χ0v) is 18.7. The summed E-state index contributed by atoms with van der Waals surface area (Å²) in [6.45, 7) is 6.05. The minimum Gasteiger partial charge on any atom is -0.481 e. The van der Waals surface area contributed by atoms with Gasteiger partial charge in [0, 0.05) is 17.3 Å². The van der Waals surface area contributed by atoms with Gasteiger partial charge in [0.1, 0.15) is 6.07 Å². The first kappa shape index (κ1) is 23.9. The van der Waals surface area contributed by atoms with Crippen molar-refractivity contribution in [3.05, 3.63) is 57.9 Å². The largest absolute Gasteiger partial charge is 0.481 e. The van der Waals surface area contributed by atoms with Crippen LogP contribution in [0.1, 0.15) is 91.6 Å². The van der Waals surface area contributed by atoms with E-state index in [-0.39, 0.29) is 18.4 Å². The van der Waals surface area contributed by atoms with E-state index in [4.69, 9.17) is 0 Å². The number of carboxylic acid groups (broad SMARTS) is 1. The van der Waals surface area contributed by atoms with Gasteiger partial charge in [0.2, 0.25) is 0 Å². The molecule has 1 aliphatic rings. The summed E-state index contributed by atoms with van der Waals surface area (Å²) in [6, 6.07) is 7.27. The fraction of sp³-hybridized carbons (Fsp3) is 0.520. The molecule has 0 bridgehead atoms. The van der Waals surface area contributed by atoms with Crippen molar-refractivity contribution < 1.29 is 23.1 Å². The maximum Gasteiger partial charge on any atom is 0.416 e. The molecule has 1 aromatic carbocycles. The summed E-state index contributed by atoms with van der Waals surface area (Å²) in [6.07, 6.45) is -0.636. The number of aliphatic carboxylic acids is 1. The number of carbonyl (C=O) groups is 1. The molecule has 0 spiro atoms. The predicted octanol–water partition coefficient (Wildman–Crippen LogP) is 6.61. The minimum absolute atomic E-state index is 0.0226. The van der Waals surface area contributed by atoms with E-state index in [0.29, 0.717) is 24.3 Å². The van der Waals surface area contributed by atoms with E-state index < -0.39 is 17.7 Å². The van der Waals surface area contributed by atoms with Gasteiger partial charge in [0.25, 0.3) is 0 Å². The number of halogens is 3. The molecular weight excluding hydrogens is 417 g/mol. The number of nitrogens with zero attached hydrogens (tertiary/aromatic N) is 2. The predicted molar refractivity (Wildman–Crippen MR) is 115 cm³/mol. The molecule has 0 amide bonds. The number of aromatic nitrogens is 1. The monoisotopic (exact) mass is 446 g/mol. The number of benzene rings is 1. The fourth-order valence-corrected chi connectivity index (χ4v) is 4.94. The van der Waals surface area contributed by atoms with E-state index in [1.54, 1.807) is 0 Å². The van der Waals surface area contributed by atoms with Gasteiger partial charge in [0.15, 0.2) is 0 Å². The number of rotatable bonds is 7. The van der Waals surface area contributed by atoms with Crippen LogP contribution in [-0.4, -0.2) is 15.6 Å². The van der Waals surface area contributed by atoms with Gasteiger partial charge in [-0.05, 0) is 68.2 Å². The second-order valence-electron chi connectivity index (χ2n) is 9.10. The Kier molecular flexibility index (Phi) is 7.02. The lowest BCUT2D eigenvalue weighted by molar-refractivity contribution is -0.138. The lowest BCUT2D eigenvalue weighted by atomic mass is 9.84. The van der Waals surface area contributed by atoms with Crippen LogP contribution in [0.3, 0.4) is 0 Å². The average Bonchev–Trinajstić information content (AvgIpc) is 2.99. The molecule has 0 saturated heterocycles. The smallest absolute Gasteiger partial charge is 0.416 e. The lowest BCUT2D eigenvalue weighted by Crippen LogP contribution is -2.22. The van der Waals surface area contributed by atoms with Crippen LogP contribution >= 0.6 is 0 Å². The van der Waals surface area contributed by atoms with E-state index in [2.05, 4.69) is 24.5 Å². The number of fused-ring (bicyclic) bond motifs is 1. The van der Waals surface area contributed by atoms with Crippen molar-refractivity contribution >= 4 is 5.97 Å². The van der Waals surface area contributed by atoms with E-state index in [9.17, 15) is 28.3 Å². The highest BCUT2D eigenvalue weighted by Gasteiger charge is 2.34. The summed E-state index contributed by atoms with van der Waals surface area (Å²) in [4.78, 5) is 11.6. The Morgan fingerprint density at radius 1 is 1.25 bits per heavy atom. The summed E-state index contributed by atoms with van der Waals surface area (Å²) in [5.41, 5.74) is 3.17. The third-order valence-corrected chi connectivity index (χ3v) is 6.44. The highest BCUT2D eigenvalue weighted by atomic mass is 19.4. The minimum atomic E-state index is -4.41. The van der Waals surface area contributed by atoms with Gasteiger partial charge in [-0.2, -0.15) is 18.4 Å². The van der Waals surface area contributed by atoms with Crippen molar-refractivity contribution in [3.8, 4) is 6.07 Å². The topological polar surface area (TPSA) is 66.0 Å². The van der Waals surface area contributed by atoms with Gasteiger partial charge >= 0.3 is 12.1 Å². The summed E-state index contributed by atoms with van der Waals surface area (Å²) < 4.78 is 41.4. The number of hydrogen-bond donors (Lipinski definition) is 1. The highest BCUT2D eigenvalue weighted by molar-refractivity contribution is 5.68. The second-order valence-corrected chi connectivity index (χ2v) is 9.10. The molecule has 7 heteroatoms. The molecule has 1 heterocycles. The molecule has 1 aromatic heterocycles. The number of nitriles is 1. The summed E-state index contributed by atoms with van der Waals surface area (Å²) in [5, 5.41) is 19.3. The second kappa shape index (κ2) is 9.40. The Balaban J connectivity index is 2.17. The van der Waals surface area contributed by atoms with Crippen LogP contribution in [0, 0.1) is 24.2 Å². The van der Waals surface area contributed by atoms with Gasteiger partial charge in [-0.15, -0.1) is 0 Å². The Labute approximate surface area is 186 Å². The van der Waals surface area contributed by atoms with Gasteiger partial charge in [0.05, 0.1) is 23.6 Å². The molecule has 172 valence electrons. The molecule has 32 heavy (non-hydrogen) atoms. The molecular formula is C25H29F3N2O2. The van der Waals surface area contributed by atoms with E-state index >= 15 is 0 Å². The summed E-state index contributed by atoms with van der Waals surface area (Å²) in [7, 11) is 0. The molecule has 1 aliphatic carbocycles. The Hall–Kier alpha value is -2.75. The molecule has 0 radical (unpaired) electrons. The third kappa shape index (κ3) is 4.85. The standard InChI is InChI=1S/C25H29F3N2O2/c1-15(2)7-12-22(17-8-10-19(11-9-17)25(26,27)28)30-16(3)21(14-29)20-6-4-5-18(24(20)30)13-23(31)32/h8-11,15,18,22H,4-7,12-13H2,1-3H3,(H,31,32). The number of alkyl halides is 3. The quantitative estimate of drug-likeness (QED) is 0.521. The number of carboxylic acids is 1. The SMILES string of the molecule is Cc1c(C#N)c2c(n1C(CCC(C)C)c1ccc(C(F)(F)F)cc1)C(CC(=O)O)CCC2. The van der Waals surface area contributed by atoms with Crippen molar-refractivity contribution in [2.75, 3.05) is 0 Å². The molecule has 2 atom stereocenters. The fourth-order valence-electron chi connectivity index (χ4n) is 4.94. The summed E-state index contributed by atoms with van der Waals surface area (Å²) in [5.74, 6) is -0.711. The van der Waals surface area contributed by atoms with Gasteiger partial charge < -0.3 is 9.67 Å². The normalized spacial score (nSPS) is 17.1. The maximum absolute atomic E-state index is 13.1. The highest BCUT2D eigenvalue weighted by Crippen LogP contribution is 2.43. The molecule has 0 aliphatic heterocycles. The molecule has 3 rings (SSSR count). The van der Waals surface area contributed by atoms with Gasteiger partial charge in [-0.3, -0.25) is 4.79 Å². The Morgan fingerprint density at radius 3 is 2.44 bits per heavy atom. The maximum atomic E-state index is 13.1. The first-order valence-electron chi connectivity index (χ1n) is 11.1. The molecule has 1 N–H and O–H groups in total. The van der Waals surface area contributed by atoms with Crippen molar-refractivity contribution in [2.24, 2.45) is 5.92 Å². The Morgan fingerprint density at radius 2 is 1.91 bits per heavy atom. The molecule has 0 saturated carbocycles. The first-order chi connectivity index (χ1) is 15.0. The number of hydrogen-bond acceptors (Lipinski definition) is 2. The van der Waals surface area contributed by atoms with Crippen molar-refractivity contribution in [1.29, 1.82) is 5.26 Å². The third-order valence-electron chi connectivity index (χ3n) is 6.44. The van der Waals surface area contributed by atoms with Crippen LogP contribution in [0.25, 0.3) is 0 Å². The molecule has 2 aromatic rings. The van der Waals surface area contributed by atoms with Gasteiger partial charge in [-0.1, -0.05) is 26.0 Å². The summed E-state index contributed by atoms with van der Waals surface area (Å²) >= 11 is 0. The lowest BCUT2D eigenvalue weighted by Gasteiger charge is -2.30. The van der Waals surface area contributed by atoms with E-state index in [0.717, 1.165) is 53.9 Å². The molecule has 0 fully saturated rings. The van der Waals surface area contributed by atoms with Crippen molar-refractivity contribution in [3.63, 3.8) is 0 Å². The zero-order chi connectivity index (χ0) is 23.6. The van der Waals surface area contributed by atoms with E-state index in [1.165, 1.54) is 12.1 Å². The molecule has 2 unspecified atom stereocenters.